The van der Waals surface area contributed by atoms with Crippen LogP contribution in [-0.2, 0) is 14.3 Å². The molecule has 0 bridgehead atoms. The van der Waals surface area contributed by atoms with Crippen LogP contribution in [0.2, 0.25) is 0 Å². The summed E-state index contributed by atoms with van der Waals surface area (Å²) < 4.78 is 4.42. The molecule has 0 aromatic rings. The van der Waals surface area contributed by atoms with Gasteiger partial charge in [0.05, 0.1) is 13.2 Å². The summed E-state index contributed by atoms with van der Waals surface area (Å²) in [5.41, 5.74) is 0. The first-order chi connectivity index (χ1) is 9.79. The number of ether oxygens (including phenoxy) is 1. The van der Waals surface area contributed by atoms with Crippen LogP contribution in [-0.4, -0.2) is 36.2 Å². The smallest absolute Gasteiger partial charge is 0.336 e. The second-order valence-electron chi connectivity index (χ2n) is 6.33. The van der Waals surface area contributed by atoms with E-state index in [9.17, 15) is 14.7 Å². The van der Waals surface area contributed by atoms with E-state index in [0.29, 0.717) is 0 Å². The van der Waals surface area contributed by atoms with Crippen molar-refractivity contribution >= 4 is 11.9 Å². The summed E-state index contributed by atoms with van der Waals surface area (Å²) in [5, 5.41) is 12.2. The summed E-state index contributed by atoms with van der Waals surface area (Å²) >= 11 is 0. The van der Waals surface area contributed by atoms with Gasteiger partial charge in [0.1, 0.15) is 0 Å². The molecule has 0 aromatic heterocycles. The average Bonchev–Trinajstić information content (AvgIpc) is 2.45. The Morgan fingerprint density at radius 3 is 2.00 bits per heavy atom. The zero-order chi connectivity index (χ0) is 16.4. The maximum atomic E-state index is 11.8. The van der Waals surface area contributed by atoms with E-state index < -0.39 is 18.1 Å². The molecule has 1 fully saturated rings. The molecule has 1 rings (SSSR count). The Hall–Kier alpha value is -1.10. The van der Waals surface area contributed by atoms with E-state index in [1.807, 2.05) is 0 Å². The van der Waals surface area contributed by atoms with Crippen molar-refractivity contribution in [2.75, 3.05) is 7.11 Å². The van der Waals surface area contributed by atoms with Crippen LogP contribution in [0.5, 0.6) is 0 Å². The molecular formula is C16H31NO4. The lowest BCUT2D eigenvalue weighted by molar-refractivity contribution is -0.152. The molecule has 0 heterocycles. The second kappa shape index (κ2) is 10.6. The van der Waals surface area contributed by atoms with Crippen LogP contribution in [0.25, 0.3) is 0 Å². The highest BCUT2D eigenvalue weighted by molar-refractivity contribution is 5.81. The Balaban J connectivity index is 0.000000885. The maximum Gasteiger partial charge on any atom is 0.336 e. The molecule has 1 aliphatic rings. The van der Waals surface area contributed by atoms with Crippen LogP contribution >= 0.6 is 0 Å². The SMILES string of the molecule is CC(C)C.COC(=O)C(O)C(C)NC(=O)C1CCCCC1. The van der Waals surface area contributed by atoms with Crippen molar-refractivity contribution in [3.63, 3.8) is 0 Å². The highest BCUT2D eigenvalue weighted by Crippen LogP contribution is 2.23. The van der Waals surface area contributed by atoms with Gasteiger partial charge in [0.2, 0.25) is 5.91 Å². The topological polar surface area (TPSA) is 75.6 Å². The summed E-state index contributed by atoms with van der Waals surface area (Å²) in [6.45, 7) is 8.10. The van der Waals surface area contributed by atoms with Crippen molar-refractivity contribution < 1.29 is 19.4 Å². The number of carbonyl (C=O) groups excluding carboxylic acids is 2. The molecular weight excluding hydrogens is 270 g/mol. The molecule has 5 nitrogen and oxygen atoms in total. The average molecular weight is 301 g/mol. The van der Waals surface area contributed by atoms with E-state index >= 15 is 0 Å². The van der Waals surface area contributed by atoms with Gasteiger partial charge in [0, 0.05) is 5.92 Å². The van der Waals surface area contributed by atoms with E-state index in [2.05, 4.69) is 30.8 Å². The summed E-state index contributed by atoms with van der Waals surface area (Å²) in [7, 11) is 1.21. The largest absolute Gasteiger partial charge is 0.467 e. The second-order valence-corrected chi connectivity index (χ2v) is 6.33. The standard InChI is InChI=1S/C12H21NO4.C4H10/c1-8(10(14)12(16)17-2)13-11(15)9-6-4-3-5-7-9;1-4(2)3/h8-10,14H,3-7H2,1-2H3,(H,13,15);4H,1-3H3. The molecule has 1 saturated carbocycles. The van der Waals surface area contributed by atoms with Crippen LogP contribution in [0.1, 0.15) is 59.8 Å². The van der Waals surface area contributed by atoms with Gasteiger partial charge in [0.15, 0.2) is 6.10 Å². The van der Waals surface area contributed by atoms with Gasteiger partial charge < -0.3 is 15.2 Å². The van der Waals surface area contributed by atoms with Crippen molar-refractivity contribution in [1.82, 2.24) is 5.32 Å². The third kappa shape index (κ3) is 8.71. The molecule has 0 aliphatic heterocycles. The fourth-order valence-electron chi connectivity index (χ4n) is 2.11. The molecule has 0 spiro atoms. The lowest BCUT2D eigenvalue weighted by Gasteiger charge is -2.24. The molecule has 124 valence electrons. The van der Waals surface area contributed by atoms with E-state index in [1.165, 1.54) is 13.5 Å². The maximum absolute atomic E-state index is 11.8. The van der Waals surface area contributed by atoms with Gasteiger partial charge in [-0.3, -0.25) is 4.79 Å². The third-order valence-corrected chi connectivity index (χ3v) is 3.26. The van der Waals surface area contributed by atoms with Gasteiger partial charge in [-0.1, -0.05) is 40.0 Å². The van der Waals surface area contributed by atoms with Gasteiger partial charge in [-0.25, -0.2) is 4.79 Å². The first kappa shape index (κ1) is 19.9. The number of amides is 1. The van der Waals surface area contributed by atoms with E-state index in [4.69, 9.17) is 0 Å². The predicted octanol–water partition coefficient (Wildman–Crippen LogP) is 2.27. The van der Waals surface area contributed by atoms with Crippen molar-refractivity contribution in [3.8, 4) is 0 Å². The Morgan fingerprint density at radius 2 is 1.57 bits per heavy atom. The molecule has 2 unspecified atom stereocenters. The van der Waals surface area contributed by atoms with Crippen molar-refractivity contribution in [2.24, 2.45) is 11.8 Å². The molecule has 0 aromatic carbocycles. The summed E-state index contributed by atoms with van der Waals surface area (Å²) in [4.78, 5) is 22.9. The molecule has 2 N–H and O–H groups in total. The highest BCUT2D eigenvalue weighted by Gasteiger charge is 2.28. The van der Waals surface area contributed by atoms with Crippen LogP contribution in [0, 0.1) is 11.8 Å². The van der Waals surface area contributed by atoms with Gasteiger partial charge in [-0.2, -0.15) is 0 Å². The molecule has 5 heteroatoms. The summed E-state index contributed by atoms with van der Waals surface area (Å²) in [6, 6.07) is -0.614. The fourth-order valence-corrected chi connectivity index (χ4v) is 2.11. The summed E-state index contributed by atoms with van der Waals surface area (Å²) in [5.74, 6) is 0.0673. The van der Waals surface area contributed by atoms with Gasteiger partial charge >= 0.3 is 5.97 Å². The number of carbonyl (C=O) groups is 2. The number of nitrogens with one attached hydrogen (secondary N) is 1. The Morgan fingerprint density at radius 1 is 1.10 bits per heavy atom. The molecule has 2 atom stereocenters. The van der Waals surface area contributed by atoms with Crippen molar-refractivity contribution in [3.05, 3.63) is 0 Å². The summed E-state index contributed by atoms with van der Waals surface area (Å²) in [6.07, 6.45) is 3.83. The monoisotopic (exact) mass is 301 g/mol. The van der Waals surface area contributed by atoms with Gasteiger partial charge in [-0.15, -0.1) is 0 Å². The van der Waals surface area contributed by atoms with Gasteiger partial charge in [0.25, 0.3) is 0 Å². The zero-order valence-electron chi connectivity index (χ0n) is 14.0. The normalized spacial score (nSPS) is 18.2. The van der Waals surface area contributed by atoms with Crippen LogP contribution in [0.3, 0.4) is 0 Å². The number of rotatable bonds is 4. The van der Waals surface area contributed by atoms with Crippen LogP contribution < -0.4 is 5.32 Å². The van der Waals surface area contributed by atoms with E-state index in [1.54, 1.807) is 6.92 Å². The minimum absolute atomic E-state index is 0.0241. The lowest BCUT2D eigenvalue weighted by Crippen LogP contribution is -2.47. The Kier molecular flexibility index (Phi) is 10.0. The Bertz CT molecular complexity index is 309. The van der Waals surface area contributed by atoms with E-state index in [-0.39, 0.29) is 11.8 Å². The minimum atomic E-state index is -1.30. The first-order valence-electron chi connectivity index (χ1n) is 7.85. The van der Waals surface area contributed by atoms with Crippen LogP contribution in [0.15, 0.2) is 0 Å². The molecule has 1 aliphatic carbocycles. The minimum Gasteiger partial charge on any atom is -0.467 e. The molecule has 0 saturated heterocycles. The number of aliphatic hydroxyl groups is 1. The van der Waals surface area contributed by atoms with Crippen LogP contribution in [0.4, 0.5) is 0 Å². The first-order valence-corrected chi connectivity index (χ1v) is 7.85. The van der Waals surface area contributed by atoms with E-state index in [0.717, 1.165) is 31.6 Å². The predicted molar refractivity (Wildman–Crippen MR) is 82.7 cm³/mol. The Labute approximate surface area is 128 Å². The number of esters is 1. The van der Waals surface area contributed by atoms with Gasteiger partial charge in [-0.05, 0) is 25.7 Å². The van der Waals surface area contributed by atoms with Crippen molar-refractivity contribution in [2.45, 2.75) is 71.9 Å². The molecule has 21 heavy (non-hydrogen) atoms. The third-order valence-electron chi connectivity index (χ3n) is 3.26. The number of aliphatic hydroxyl groups excluding tert-OH is 1. The quantitative estimate of drug-likeness (QED) is 0.781. The number of hydrogen-bond donors (Lipinski definition) is 2. The molecule has 1 amide bonds. The number of methoxy groups -OCH3 is 1. The highest BCUT2D eigenvalue weighted by atomic mass is 16.5. The number of hydrogen-bond acceptors (Lipinski definition) is 4. The zero-order valence-corrected chi connectivity index (χ0v) is 14.0. The fraction of sp³-hybridized carbons (Fsp3) is 0.875. The lowest BCUT2D eigenvalue weighted by atomic mass is 9.88. The van der Waals surface area contributed by atoms with Crippen molar-refractivity contribution in [1.29, 1.82) is 0 Å². The molecule has 0 radical (unpaired) electrons.